The fourth-order valence-electron chi connectivity index (χ4n) is 3.06. The van der Waals surface area contributed by atoms with Crippen molar-refractivity contribution >= 4 is 45.7 Å². The van der Waals surface area contributed by atoms with E-state index in [1.54, 1.807) is 48.5 Å². The molecule has 0 bridgehead atoms. The molecule has 2 aromatic heterocycles. The number of carbonyl (C=O) groups excluding carboxylic acids is 3. The summed E-state index contributed by atoms with van der Waals surface area (Å²) in [5.74, 6) is -1.09. The fourth-order valence-corrected chi connectivity index (χ4v) is 3.06. The molecular weight excluding hydrogens is 432 g/mol. The Hall–Kier alpha value is -4.67. The number of hydrogen-bond acceptors (Lipinski definition) is 8. The van der Waals surface area contributed by atoms with Gasteiger partial charge in [-0.05, 0) is 36.4 Å². The van der Waals surface area contributed by atoms with E-state index in [0.29, 0.717) is 27.9 Å². The van der Waals surface area contributed by atoms with Crippen molar-refractivity contribution in [1.82, 2.24) is 14.9 Å². The number of nitrogens with one attached hydrogen (secondary N) is 2. The van der Waals surface area contributed by atoms with Crippen molar-refractivity contribution in [3.8, 4) is 5.75 Å². The lowest BCUT2D eigenvalue weighted by atomic mass is 10.2. The van der Waals surface area contributed by atoms with Crippen LogP contribution in [0.5, 0.6) is 5.75 Å². The van der Waals surface area contributed by atoms with Crippen LogP contribution in [0.3, 0.4) is 0 Å². The van der Waals surface area contributed by atoms with Crippen molar-refractivity contribution in [1.29, 1.82) is 0 Å². The van der Waals surface area contributed by atoms with Crippen LogP contribution in [0.1, 0.15) is 0 Å². The standard InChI is InChI=1S/C22H18N4O7/c1-31-14-8-6-13(7-9-14)24-22(30)25-17(27)11-32-18(28)10-26-12-23-19-15-4-2-3-5-16(15)33-20(19)21(26)29/h2-9,12H,10-11H2,1H3,(H2,24,25,27,30). The van der Waals surface area contributed by atoms with Gasteiger partial charge in [-0.2, -0.15) is 0 Å². The molecule has 0 saturated carbocycles. The molecular formula is C22H18N4O7. The van der Waals surface area contributed by atoms with Gasteiger partial charge in [-0.15, -0.1) is 0 Å². The van der Waals surface area contributed by atoms with Crippen LogP contribution in [-0.2, 0) is 20.9 Å². The smallest absolute Gasteiger partial charge is 0.326 e. The van der Waals surface area contributed by atoms with Gasteiger partial charge in [-0.1, -0.05) is 12.1 Å². The Morgan fingerprint density at radius 1 is 1.09 bits per heavy atom. The molecule has 2 heterocycles. The lowest BCUT2D eigenvalue weighted by molar-refractivity contribution is -0.148. The van der Waals surface area contributed by atoms with Crippen LogP contribution in [0.25, 0.3) is 22.1 Å². The summed E-state index contributed by atoms with van der Waals surface area (Å²) in [6, 6.07) is 12.7. The number of fused-ring (bicyclic) bond motifs is 3. The van der Waals surface area contributed by atoms with E-state index < -0.39 is 36.6 Å². The van der Waals surface area contributed by atoms with Gasteiger partial charge < -0.3 is 19.2 Å². The summed E-state index contributed by atoms with van der Waals surface area (Å²) < 4.78 is 16.4. The van der Waals surface area contributed by atoms with E-state index >= 15 is 0 Å². The summed E-state index contributed by atoms with van der Waals surface area (Å²) in [7, 11) is 1.51. The van der Waals surface area contributed by atoms with E-state index in [1.807, 2.05) is 5.32 Å². The number of amides is 3. The second-order valence-corrected chi connectivity index (χ2v) is 6.85. The highest BCUT2D eigenvalue weighted by Crippen LogP contribution is 2.24. The van der Waals surface area contributed by atoms with Gasteiger partial charge in [0.1, 0.15) is 23.4 Å². The van der Waals surface area contributed by atoms with Crippen LogP contribution in [0, 0.1) is 0 Å². The topological polar surface area (TPSA) is 142 Å². The summed E-state index contributed by atoms with van der Waals surface area (Å²) in [5, 5.41) is 5.17. The molecule has 0 aliphatic carbocycles. The first-order valence-electron chi connectivity index (χ1n) is 9.72. The number of nitrogens with zero attached hydrogens (tertiary/aromatic N) is 2. The normalized spacial score (nSPS) is 10.7. The Bertz CT molecular complexity index is 1410. The van der Waals surface area contributed by atoms with E-state index in [4.69, 9.17) is 13.9 Å². The minimum atomic E-state index is -0.861. The predicted molar refractivity (Wildman–Crippen MR) is 117 cm³/mol. The van der Waals surface area contributed by atoms with Gasteiger partial charge in [0, 0.05) is 11.1 Å². The van der Waals surface area contributed by atoms with E-state index in [9.17, 15) is 19.2 Å². The molecule has 3 amide bonds. The number of anilines is 1. The van der Waals surface area contributed by atoms with Gasteiger partial charge in [0.2, 0.25) is 5.58 Å². The number of hydrogen-bond donors (Lipinski definition) is 2. The highest BCUT2D eigenvalue weighted by atomic mass is 16.5. The van der Waals surface area contributed by atoms with Gasteiger partial charge in [-0.25, -0.2) is 9.78 Å². The molecule has 0 fully saturated rings. The van der Waals surface area contributed by atoms with Crippen molar-refractivity contribution in [3.05, 3.63) is 65.2 Å². The Labute approximate surface area is 185 Å². The van der Waals surface area contributed by atoms with Gasteiger partial charge in [0.15, 0.2) is 6.61 Å². The fraction of sp³-hybridized carbons (Fsp3) is 0.136. The molecule has 11 heteroatoms. The minimum Gasteiger partial charge on any atom is -0.497 e. The van der Waals surface area contributed by atoms with Crippen molar-refractivity contribution in [2.45, 2.75) is 6.54 Å². The molecule has 0 aliphatic heterocycles. The number of para-hydroxylation sites is 1. The molecule has 2 N–H and O–H groups in total. The molecule has 0 atom stereocenters. The third-order valence-electron chi connectivity index (χ3n) is 4.62. The molecule has 0 aliphatic rings. The summed E-state index contributed by atoms with van der Waals surface area (Å²) >= 11 is 0. The quantitative estimate of drug-likeness (QED) is 0.425. The molecule has 0 spiro atoms. The average Bonchev–Trinajstić information content (AvgIpc) is 3.19. The number of carbonyl (C=O) groups is 3. The number of ether oxygens (including phenoxy) is 2. The van der Waals surface area contributed by atoms with E-state index in [1.165, 1.54) is 13.4 Å². The molecule has 0 unspecified atom stereocenters. The number of urea groups is 1. The molecule has 11 nitrogen and oxygen atoms in total. The highest BCUT2D eigenvalue weighted by Gasteiger charge is 2.16. The van der Waals surface area contributed by atoms with Crippen LogP contribution < -0.4 is 20.9 Å². The van der Waals surface area contributed by atoms with Crippen molar-refractivity contribution in [2.75, 3.05) is 19.0 Å². The van der Waals surface area contributed by atoms with Crippen LogP contribution in [-0.4, -0.2) is 41.2 Å². The molecule has 168 valence electrons. The minimum absolute atomic E-state index is 0.0134. The summed E-state index contributed by atoms with van der Waals surface area (Å²) in [6.45, 7) is -1.19. The maximum Gasteiger partial charge on any atom is 0.326 e. The van der Waals surface area contributed by atoms with Gasteiger partial charge in [-0.3, -0.25) is 24.3 Å². The zero-order valence-corrected chi connectivity index (χ0v) is 17.4. The Morgan fingerprint density at radius 2 is 1.85 bits per heavy atom. The van der Waals surface area contributed by atoms with Crippen LogP contribution >= 0.6 is 0 Å². The molecule has 4 rings (SSSR count). The first kappa shape index (κ1) is 21.6. The van der Waals surface area contributed by atoms with E-state index in [2.05, 4.69) is 10.3 Å². The number of esters is 1. The zero-order chi connectivity index (χ0) is 23.4. The van der Waals surface area contributed by atoms with Gasteiger partial charge in [0.05, 0.1) is 13.4 Å². The third kappa shape index (κ3) is 4.82. The second-order valence-electron chi connectivity index (χ2n) is 6.85. The van der Waals surface area contributed by atoms with E-state index in [0.717, 1.165) is 4.57 Å². The Morgan fingerprint density at radius 3 is 2.61 bits per heavy atom. The Kier molecular flexibility index (Phi) is 6.02. The largest absolute Gasteiger partial charge is 0.497 e. The number of methoxy groups -OCH3 is 1. The SMILES string of the molecule is COc1ccc(NC(=O)NC(=O)COC(=O)Cn2cnc3c(oc4ccccc43)c2=O)cc1. The molecule has 33 heavy (non-hydrogen) atoms. The molecule has 4 aromatic rings. The maximum atomic E-state index is 12.6. The lowest BCUT2D eigenvalue weighted by Crippen LogP contribution is -2.37. The average molecular weight is 450 g/mol. The van der Waals surface area contributed by atoms with E-state index in [-0.39, 0.29) is 5.58 Å². The Balaban J connectivity index is 1.31. The van der Waals surface area contributed by atoms with Crippen molar-refractivity contribution < 1.29 is 28.3 Å². The van der Waals surface area contributed by atoms with Crippen molar-refractivity contribution in [3.63, 3.8) is 0 Å². The summed E-state index contributed by atoms with van der Waals surface area (Å²) in [6.07, 6.45) is 1.20. The molecule has 0 radical (unpaired) electrons. The number of benzene rings is 2. The number of rotatable bonds is 6. The van der Waals surface area contributed by atoms with Crippen LogP contribution in [0.2, 0.25) is 0 Å². The van der Waals surface area contributed by atoms with Gasteiger partial charge in [0.25, 0.3) is 11.5 Å². The predicted octanol–water partition coefficient (Wildman–Crippen LogP) is 2.04. The monoisotopic (exact) mass is 450 g/mol. The lowest BCUT2D eigenvalue weighted by Gasteiger charge is -2.08. The first-order chi connectivity index (χ1) is 15.9. The summed E-state index contributed by atoms with van der Waals surface area (Å²) in [5.41, 5.74) is 0.784. The number of imide groups is 1. The first-order valence-corrected chi connectivity index (χ1v) is 9.72. The molecule has 2 aromatic carbocycles. The zero-order valence-electron chi connectivity index (χ0n) is 17.4. The molecule has 0 saturated heterocycles. The van der Waals surface area contributed by atoms with Crippen LogP contribution in [0.15, 0.2) is 64.1 Å². The number of aromatic nitrogens is 2. The van der Waals surface area contributed by atoms with Gasteiger partial charge >= 0.3 is 12.0 Å². The number of furan rings is 1. The third-order valence-corrected chi connectivity index (χ3v) is 4.62. The second kappa shape index (κ2) is 9.22. The summed E-state index contributed by atoms with van der Waals surface area (Å²) in [4.78, 5) is 52.6. The highest BCUT2D eigenvalue weighted by molar-refractivity contribution is 6.02. The van der Waals surface area contributed by atoms with Crippen LogP contribution in [0.4, 0.5) is 10.5 Å². The van der Waals surface area contributed by atoms with Crippen molar-refractivity contribution in [2.24, 2.45) is 0 Å². The maximum absolute atomic E-state index is 12.6.